The van der Waals surface area contributed by atoms with E-state index in [1.165, 1.54) is 12.1 Å². The van der Waals surface area contributed by atoms with E-state index in [2.05, 4.69) is 4.72 Å². The van der Waals surface area contributed by atoms with Crippen molar-refractivity contribution >= 4 is 38.3 Å². The van der Waals surface area contributed by atoms with E-state index in [1.54, 1.807) is 24.3 Å². The third-order valence-corrected chi connectivity index (χ3v) is 4.81. The molecule has 3 aromatic rings. The van der Waals surface area contributed by atoms with Crippen LogP contribution in [0.3, 0.4) is 0 Å². The topological polar surface area (TPSA) is 140 Å². The van der Waals surface area contributed by atoms with E-state index < -0.39 is 21.6 Å². The number of fused-ring (bicyclic) bond motifs is 1. The van der Waals surface area contributed by atoms with Gasteiger partial charge >= 0.3 is 11.6 Å². The first-order chi connectivity index (χ1) is 11.8. The maximum Gasteiger partial charge on any atom is 0.360 e. The molecule has 0 spiro atoms. The number of aromatic carboxylic acids is 1. The van der Waals surface area contributed by atoms with E-state index in [1.807, 2.05) is 0 Å². The van der Waals surface area contributed by atoms with Gasteiger partial charge in [0.1, 0.15) is 11.3 Å². The van der Waals surface area contributed by atoms with E-state index in [4.69, 9.17) is 15.3 Å². The molecular formula is C16H12N2O6S. The lowest BCUT2D eigenvalue weighted by Gasteiger charge is -2.09. The lowest BCUT2D eigenvalue weighted by atomic mass is 10.2. The molecule has 0 radical (unpaired) electrons. The van der Waals surface area contributed by atoms with Gasteiger partial charge in [-0.3, -0.25) is 4.72 Å². The van der Waals surface area contributed by atoms with Crippen LogP contribution < -0.4 is 16.1 Å². The molecule has 4 N–H and O–H groups in total. The molecule has 3 rings (SSSR count). The summed E-state index contributed by atoms with van der Waals surface area (Å²) in [6.45, 7) is 0. The summed E-state index contributed by atoms with van der Waals surface area (Å²) in [6.07, 6.45) is 0. The zero-order valence-electron chi connectivity index (χ0n) is 12.6. The number of nitrogen functional groups attached to an aromatic ring is 1. The highest BCUT2D eigenvalue weighted by Crippen LogP contribution is 2.21. The summed E-state index contributed by atoms with van der Waals surface area (Å²) in [5.74, 6) is -1.36. The molecule has 128 valence electrons. The fourth-order valence-corrected chi connectivity index (χ4v) is 3.29. The Morgan fingerprint density at radius 2 is 1.84 bits per heavy atom. The summed E-state index contributed by atoms with van der Waals surface area (Å²) in [5.41, 5.74) is 4.25. The Bertz CT molecular complexity index is 1150. The number of para-hydroxylation sites is 1. The molecule has 9 heteroatoms. The first kappa shape index (κ1) is 16.5. The molecule has 1 heterocycles. The van der Waals surface area contributed by atoms with Gasteiger partial charge in [-0.2, -0.15) is 0 Å². The molecule has 0 atom stereocenters. The Balaban J connectivity index is 2.05. The van der Waals surface area contributed by atoms with Gasteiger partial charge in [0.25, 0.3) is 10.0 Å². The normalized spacial score (nSPS) is 11.4. The first-order valence-corrected chi connectivity index (χ1v) is 8.45. The van der Waals surface area contributed by atoms with Crippen LogP contribution >= 0.6 is 0 Å². The third kappa shape index (κ3) is 3.17. The number of nitrogens with one attached hydrogen (secondary N) is 1. The fraction of sp³-hybridized carbons (Fsp3) is 0. The van der Waals surface area contributed by atoms with Gasteiger partial charge in [-0.15, -0.1) is 0 Å². The third-order valence-electron chi connectivity index (χ3n) is 3.45. The van der Waals surface area contributed by atoms with Crippen molar-refractivity contribution in [1.82, 2.24) is 0 Å². The minimum absolute atomic E-state index is 0.0725. The van der Waals surface area contributed by atoms with Crippen LogP contribution in [0, 0.1) is 0 Å². The van der Waals surface area contributed by atoms with Crippen LogP contribution in [0.15, 0.2) is 62.6 Å². The van der Waals surface area contributed by atoms with Crippen LogP contribution in [0.4, 0.5) is 11.4 Å². The van der Waals surface area contributed by atoms with Gasteiger partial charge in [0.15, 0.2) is 0 Å². The molecule has 0 aliphatic carbocycles. The molecule has 1 aromatic heterocycles. The second-order valence-corrected chi connectivity index (χ2v) is 6.83. The van der Waals surface area contributed by atoms with Crippen LogP contribution in [0.5, 0.6) is 0 Å². The average molecular weight is 360 g/mol. The molecule has 0 saturated heterocycles. The number of hydrogen-bond donors (Lipinski definition) is 3. The molecule has 0 aliphatic rings. The van der Waals surface area contributed by atoms with Crippen molar-refractivity contribution in [2.24, 2.45) is 0 Å². The number of anilines is 2. The molecule has 0 amide bonds. The van der Waals surface area contributed by atoms with Gasteiger partial charge in [-0.1, -0.05) is 18.2 Å². The van der Waals surface area contributed by atoms with Crippen molar-refractivity contribution in [3.8, 4) is 0 Å². The number of rotatable bonds is 4. The number of hydrogen-bond acceptors (Lipinski definition) is 6. The standard InChI is InChI=1S/C16H12N2O6S/c17-12-6-5-10(8-11(12)15(19)20)25(22,23)18-13-7-9-3-1-2-4-14(9)24-16(13)21/h1-8,18H,17H2,(H,19,20). The largest absolute Gasteiger partial charge is 0.478 e. The number of carboxylic acid groups (broad SMARTS) is 1. The minimum atomic E-state index is -4.21. The molecule has 8 nitrogen and oxygen atoms in total. The molecule has 0 unspecified atom stereocenters. The highest BCUT2D eigenvalue weighted by atomic mass is 32.2. The van der Waals surface area contributed by atoms with Gasteiger partial charge in [-0.05, 0) is 30.3 Å². The van der Waals surface area contributed by atoms with Crippen LogP contribution in [0.2, 0.25) is 0 Å². The maximum absolute atomic E-state index is 12.5. The molecule has 0 saturated carbocycles. The highest BCUT2D eigenvalue weighted by Gasteiger charge is 2.20. The van der Waals surface area contributed by atoms with E-state index in [0.717, 1.165) is 12.1 Å². The Morgan fingerprint density at radius 3 is 2.56 bits per heavy atom. The molecule has 2 aromatic carbocycles. The lowest BCUT2D eigenvalue weighted by Crippen LogP contribution is -2.19. The predicted octanol–water partition coefficient (Wildman–Crippen LogP) is 1.87. The van der Waals surface area contributed by atoms with Crippen molar-refractivity contribution in [3.05, 3.63) is 64.5 Å². The van der Waals surface area contributed by atoms with E-state index in [-0.39, 0.29) is 21.8 Å². The zero-order chi connectivity index (χ0) is 18.2. The van der Waals surface area contributed by atoms with Crippen molar-refractivity contribution in [2.45, 2.75) is 4.90 Å². The first-order valence-electron chi connectivity index (χ1n) is 6.96. The number of carboxylic acids is 1. The van der Waals surface area contributed by atoms with Crippen molar-refractivity contribution in [3.63, 3.8) is 0 Å². The van der Waals surface area contributed by atoms with Gasteiger partial charge in [0.2, 0.25) is 0 Å². The van der Waals surface area contributed by atoms with Crippen LogP contribution in [-0.4, -0.2) is 19.5 Å². The van der Waals surface area contributed by atoms with Crippen LogP contribution in [0.25, 0.3) is 11.0 Å². The van der Waals surface area contributed by atoms with Crippen molar-refractivity contribution < 1.29 is 22.7 Å². The SMILES string of the molecule is Nc1ccc(S(=O)(=O)Nc2cc3ccccc3oc2=O)cc1C(=O)O. The second kappa shape index (κ2) is 5.95. The summed E-state index contributed by atoms with van der Waals surface area (Å²) >= 11 is 0. The summed E-state index contributed by atoms with van der Waals surface area (Å²) in [4.78, 5) is 22.7. The lowest BCUT2D eigenvalue weighted by molar-refractivity contribution is 0.0698. The van der Waals surface area contributed by atoms with E-state index in [9.17, 15) is 18.0 Å². The predicted molar refractivity (Wildman–Crippen MR) is 91.1 cm³/mol. The van der Waals surface area contributed by atoms with Gasteiger partial charge in [0, 0.05) is 11.1 Å². The molecular weight excluding hydrogens is 348 g/mol. The molecule has 25 heavy (non-hydrogen) atoms. The fourth-order valence-electron chi connectivity index (χ4n) is 2.22. The van der Waals surface area contributed by atoms with E-state index in [0.29, 0.717) is 11.0 Å². The summed E-state index contributed by atoms with van der Waals surface area (Å²) in [7, 11) is -4.21. The van der Waals surface area contributed by atoms with E-state index >= 15 is 0 Å². The monoisotopic (exact) mass is 360 g/mol. The Labute approximate surface area is 141 Å². The van der Waals surface area contributed by atoms with Gasteiger partial charge in [0.05, 0.1) is 10.5 Å². The quantitative estimate of drug-likeness (QED) is 0.476. The Hall–Kier alpha value is -3.33. The smallest absolute Gasteiger partial charge is 0.360 e. The number of benzene rings is 2. The van der Waals surface area contributed by atoms with Crippen LogP contribution in [0.1, 0.15) is 10.4 Å². The second-order valence-electron chi connectivity index (χ2n) is 5.15. The minimum Gasteiger partial charge on any atom is -0.478 e. The van der Waals surface area contributed by atoms with Gasteiger partial charge in [-0.25, -0.2) is 18.0 Å². The average Bonchev–Trinajstić information content (AvgIpc) is 2.55. The summed E-state index contributed by atoms with van der Waals surface area (Å²) in [6, 6.07) is 11.2. The summed E-state index contributed by atoms with van der Waals surface area (Å²) < 4.78 is 32.1. The summed E-state index contributed by atoms with van der Waals surface area (Å²) in [5, 5.41) is 9.58. The Kier molecular flexibility index (Phi) is 3.93. The van der Waals surface area contributed by atoms with Crippen molar-refractivity contribution in [1.29, 1.82) is 0 Å². The number of carbonyl (C=O) groups is 1. The molecule has 0 bridgehead atoms. The molecule has 0 fully saturated rings. The zero-order valence-corrected chi connectivity index (χ0v) is 13.4. The maximum atomic E-state index is 12.5. The number of sulfonamides is 1. The van der Waals surface area contributed by atoms with Crippen LogP contribution in [-0.2, 0) is 10.0 Å². The molecule has 0 aliphatic heterocycles. The number of nitrogens with two attached hydrogens (primary N) is 1. The highest BCUT2D eigenvalue weighted by molar-refractivity contribution is 7.92. The Morgan fingerprint density at radius 1 is 1.12 bits per heavy atom. The van der Waals surface area contributed by atoms with Gasteiger partial charge < -0.3 is 15.3 Å². The van der Waals surface area contributed by atoms with Crippen molar-refractivity contribution in [2.75, 3.05) is 10.5 Å².